The molecule has 0 heterocycles. The first-order valence-corrected chi connectivity index (χ1v) is 13.1. The van der Waals surface area contributed by atoms with Crippen molar-refractivity contribution >= 4 is 14.2 Å². The monoisotopic (exact) mass is 367 g/mol. The highest BCUT2D eigenvalue weighted by Gasteiger charge is 2.29. The quantitative estimate of drug-likeness (QED) is 0.622. The predicted molar refractivity (Wildman–Crippen MR) is 110 cm³/mol. The second-order valence-electron chi connectivity index (χ2n) is 8.39. The topological polar surface area (TPSA) is 29.5 Å². The Morgan fingerprint density at radius 1 is 1.00 bits per heavy atom. The van der Waals surface area contributed by atoms with Crippen LogP contribution in [0.2, 0.25) is 25.7 Å². The van der Waals surface area contributed by atoms with E-state index in [9.17, 15) is 4.79 Å². The van der Waals surface area contributed by atoms with Gasteiger partial charge in [-0.3, -0.25) is 0 Å². The Labute approximate surface area is 158 Å². The van der Waals surface area contributed by atoms with Crippen molar-refractivity contribution in [2.75, 3.05) is 20.2 Å². The highest BCUT2D eigenvalue weighted by molar-refractivity contribution is 6.76. The van der Waals surface area contributed by atoms with Crippen molar-refractivity contribution in [1.82, 2.24) is 4.90 Å². The summed E-state index contributed by atoms with van der Waals surface area (Å²) in [5.74, 6) is 0.127. The molecule has 0 saturated heterocycles. The van der Waals surface area contributed by atoms with Gasteiger partial charge in [-0.1, -0.05) is 74.2 Å². The van der Waals surface area contributed by atoms with E-state index in [2.05, 4.69) is 68.2 Å². The number of nitrogens with zero attached hydrogens (tertiary/aromatic N) is 1. The summed E-state index contributed by atoms with van der Waals surface area (Å²) in [6.07, 6.45) is 0.832. The van der Waals surface area contributed by atoms with Gasteiger partial charge >= 0.3 is 6.09 Å². The number of hydrogen-bond donors (Lipinski definition) is 0. The van der Waals surface area contributed by atoms with Crippen LogP contribution in [-0.4, -0.2) is 39.3 Å². The highest BCUT2D eigenvalue weighted by Crippen LogP contribution is 2.44. The molecule has 1 aliphatic rings. The summed E-state index contributed by atoms with van der Waals surface area (Å²) in [6.45, 7) is 8.24. The van der Waals surface area contributed by atoms with E-state index in [0.717, 1.165) is 13.0 Å². The van der Waals surface area contributed by atoms with Crippen LogP contribution in [0.1, 0.15) is 23.5 Å². The maximum absolute atomic E-state index is 12.4. The Bertz CT molecular complexity index is 736. The number of rotatable bonds is 6. The summed E-state index contributed by atoms with van der Waals surface area (Å²) in [6, 6.07) is 18.1. The second-order valence-corrected chi connectivity index (χ2v) is 14.0. The van der Waals surface area contributed by atoms with Crippen molar-refractivity contribution in [3.8, 4) is 11.1 Å². The second kappa shape index (κ2) is 7.66. The number of fused-ring (bicyclic) bond motifs is 3. The van der Waals surface area contributed by atoms with Crippen LogP contribution in [0.5, 0.6) is 0 Å². The molecule has 3 nitrogen and oxygen atoms in total. The van der Waals surface area contributed by atoms with E-state index >= 15 is 0 Å². The highest BCUT2D eigenvalue weighted by atomic mass is 28.3. The fraction of sp³-hybridized carbons (Fsp3) is 0.409. The molecule has 2 aromatic rings. The lowest BCUT2D eigenvalue weighted by atomic mass is 9.98. The summed E-state index contributed by atoms with van der Waals surface area (Å²) >= 11 is 0. The van der Waals surface area contributed by atoms with Crippen LogP contribution in [0.25, 0.3) is 11.1 Å². The van der Waals surface area contributed by atoms with Crippen LogP contribution < -0.4 is 0 Å². The fourth-order valence-corrected chi connectivity index (χ4v) is 4.86. The van der Waals surface area contributed by atoms with Crippen LogP contribution >= 0.6 is 0 Å². The van der Waals surface area contributed by atoms with E-state index in [1.54, 1.807) is 4.90 Å². The third-order valence-electron chi connectivity index (χ3n) is 5.07. The van der Waals surface area contributed by atoms with Gasteiger partial charge in [-0.25, -0.2) is 4.79 Å². The Morgan fingerprint density at radius 3 is 2.08 bits per heavy atom. The summed E-state index contributed by atoms with van der Waals surface area (Å²) in [4.78, 5) is 14.1. The first kappa shape index (κ1) is 18.7. The van der Waals surface area contributed by atoms with Gasteiger partial charge in [0.15, 0.2) is 0 Å². The summed E-state index contributed by atoms with van der Waals surface area (Å²) in [7, 11) is 0.780. The summed E-state index contributed by atoms with van der Waals surface area (Å²) in [5.41, 5.74) is 5.02. The maximum Gasteiger partial charge on any atom is 0.409 e. The molecule has 0 fully saturated rings. The van der Waals surface area contributed by atoms with Gasteiger partial charge in [-0.05, 0) is 28.7 Å². The zero-order chi connectivity index (χ0) is 18.7. The van der Waals surface area contributed by atoms with Gasteiger partial charge in [0.05, 0.1) is 0 Å². The van der Waals surface area contributed by atoms with Gasteiger partial charge in [0.1, 0.15) is 6.61 Å². The van der Waals surface area contributed by atoms with Gasteiger partial charge in [-0.2, -0.15) is 0 Å². The van der Waals surface area contributed by atoms with E-state index in [-0.39, 0.29) is 12.0 Å². The average Bonchev–Trinajstić information content (AvgIpc) is 2.92. The van der Waals surface area contributed by atoms with Gasteiger partial charge in [0.2, 0.25) is 0 Å². The standard InChI is InChI=1S/C22H29NO2Si/c1-23(14-9-15-26(2,3)4)22(24)25-16-21-19-12-7-5-10-17(19)18-11-6-8-13-20(18)21/h5-8,10-13,21H,9,14-16H2,1-4H3. The molecule has 1 amide bonds. The number of amides is 1. The third-order valence-corrected chi connectivity index (χ3v) is 6.92. The Morgan fingerprint density at radius 2 is 1.54 bits per heavy atom. The molecular weight excluding hydrogens is 338 g/mol. The summed E-state index contributed by atoms with van der Waals surface area (Å²) in [5, 5.41) is 0. The number of carbonyl (C=O) groups is 1. The molecule has 0 aliphatic heterocycles. The maximum atomic E-state index is 12.4. The lowest BCUT2D eigenvalue weighted by molar-refractivity contribution is 0.108. The molecule has 0 unspecified atom stereocenters. The molecule has 2 aromatic carbocycles. The van der Waals surface area contributed by atoms with Gasteiger partial charge in [-0.15, -0.1) is 0 Å². The van der Waals surface area contributed by atoms with Crippen molar-refractivity contribution in [1.29, 1.82) is 0 Å². The van der Waals surface area contributed by atoms with E-state index in [1.165, 1.54) is 28.3 Å². The van der Waals surface area contributed by atoms with E-state index < -0.39 is 8.07 Å². The molecule has 0 spiro atoms. The lowest BCUT2D eigenvalue weighted by Crippen LogP contribution is -2.31. The summed E-state index contributed by atoms with van der Waals surface area (Å²) < 4.78 is 5.68. The molecule has 0 bridgehead atoms. The Hall–Kier alpha value is -2.07. The zero-order valence-corrected chi connectivity index (χ0v) is 17.3. The van der Waals surface area contributed by atoms with E-state index in [0.29, 0.717) is 6.61 Å². The molecule has 26 heavy (non-hydrogen) atoms. The molecule has 0 saturated carbocycles. The predicted octanol–water partition coefficient (Wildman–Crippen LogP) is 5.60. The van der Waals surface area contributed by atoms with Crippen LogP contribution in [0.15, 0.2) is 48.5 Å². The number of ether oxygens (including phenoxy) is 1. The van der Waals surface area contributed by atoms with Crippen LogP contribution in [0.4, 0.5) is 4.79 Å². The minimum atomic E-state index is -1.06. The average molecular weight is 368 g/mol. The molecule has 0 atom stereocenters. The fourth-order valence-electron chi connectivity index (χ4n) is 3.64. The van der Waals surface area contributed by atoms with Crippen LogP contribution in [0, 0.1) is 0 Å². The molecule has 0 aromatic heterocycles. The Kier molecular flexibility index (Phi) is 5.51. The number of benzene rings is 2. The molecule has 138 valence electrons. The van der Waals surface area contributed by atoms with Gasteiger partial charge in [0, 0.05) is 27.6 Å². The van der Waals surface area contributed by atoms with E-state index in [4.69, 9.17) is 4.74 Å². The van der Waals surface area contributed by atoms with Gasteiger partial charge < -0.3 is 9.64 Å². The number of hydrogen-bond acceptors (Lipinski definition) is 2. The van der Waals surface area contributed by atoms with Crippen molar-refractivity contribution in [3.63, 3.8) is 0 Å². The minimum Gasteiger partial charge on any atom is -0.448 e. The van der Waals surface area contributed by atoms with E-state index in [1.807, 2.05) is 7.05 Å². The molecule has 3 rings (SSSR count). The normalized spacial score (nSPS) is 13.2. The van der Waals surface area contributed by atoms with Crippen LogP contribution in [-0.2, 0) is 4.74 Å². The third kappa shape index (κ3) is 4.18. The lowest BCUT2D eigenvalue weighted by Gasteiger charge is -2.21. The Balaban J connectivity index is 1.62. The minimum absolute atomic E-state index is 0.127. The zero-order valence-electron chi connectivity index (χ0n) is 16.3. The van der Waals surface area contributed by atoms with Crippen molar-refractivity contribution < 1.29 is 9.53 Å². The van der Waals surface area contributed by atoms with Crippen molar-refractivity contribution in [3.05, 3.63) is 59.7 Å². The smallest absolute Gasteiger partial charge is 0.409 e. The SMILES string of the molecule is CN(CCC[Si](C)(C)C)C(=O)OCC1c2ccccc2-c2ccccc21. The molecule has 0 N–H and O–H groups in total. The first-order valence-electron chi connectivity index (χ1n) is 9.43. The van der Waals surface area contributed by atoms with Crippen LogP contribution in [0.3, 0.4) is 0 Å². The van der Waals surface area contributed by atoms with Crippen molar-refractivity contribution in [2.24, 2.45) is 0 Å². The number of carbonyl (C=O) groups excluding carboxylic acids is 1. The largest absolute Gasteiger partial charge is 0.448 e. The van der Waals surface area contributed by atoms with Crippen molar-refractivity contribution in [2.45, 2.75) is 38.0 Å². The molecule has 0 radical (unpaired) electrons. The van der Waals surface area contributed by atoms with Gasteiger partial charge in [0.25, 0.3) is 0 Å². The molecule has 1 aliphatic carbocycles. The molecular formula is C22H29NO2Si. The molecule has 4 heteroatoms. The first-order chi connectivity index (χ1) is 12.4.